The van der Waals surface area contributed by atoms with Crippen molar-refractivity contribution in [3.05, 3.63) is 34.9 Å². The summed E-state index contributed by atoms with van der Waals surface area (Å²) < 4.78 is 0.897. The van der Waals surface area contributed by atoms with Gasteiger partial charge >= 0.3 is 0 Å². The van der Waals surface area contributed by atoms with Crippen LogP contribution in [0.25, 0.3) is 10.9 Å². The van der Waals surface area contributed by atoms with E-state index in [1.807, 2.05) is 24.3 Å². The number of nitrogens with two attached hydrogens (primary N) is 1. The molecule has 60 valence electrons. The molecule has 0 aliphatic heterocycles. The van der Waals surface area contributed by atoms with Crippen LogP contribution in [0, 0.1) is 0 Å². The zero-order chi connectivity index (χ0) is 8.55. The summed E-state index contributed by atoms with van der Waals surface area (Å²) in [5, 5.41) is 1.07. The first-order valence-corrected chi connectivity index (χ1v) is 4.37. The Labute approximate surface area is 78.5 Å². The minimum absolute atomic E-state index is 0.702. The van der Waals surface area contributed by atoms with Crippen LogP contribution in [0.15, 0.2) is 34.9 Å². The lowest BCUT2D eigenvalue weighted by Crippen LogP contribution is -1.90. The van der Waals surface area contributed by atoms with Gasteiger partial charge in [0.25, 0.3) is 0 Å². The van der Waals surface area contributed by atoms with Gasteiger partial charge in [0.1, 0.15) is 0 Å². The largest absolute Gasteiger partial charge is 0.396 e. The van der Waals surface area contributed by atoms with Gasteiger partial charge in [-0.3, -0.25) is 4.98 Å². The van der Waals surface area contributed by atoms with Crippen LogP contribution in [0.5, 0.6) is 0 Å². The lowest BCUT2D eigenvalue weighted by atomic mass is 10.2. The van der Waals surface area contributed by atoms with Crippen LogP contribution in [-0.2, 0) is 0 Å². The van der Waals surface area contributed by atoms with E-state index in [2.05, 4.69) is 20.9 Å². The summed E-state index contributed by atoms with van der Waals surface area (Å²) in [6.45, 7) is 0. The summed E-state index contributed by atoms with van der Waals surface area (Å²) >= 11 is 3.35. The average Bonchev–Trinajstić information content (AvgIpc) is 2.12. The predicted molar refractivity (Wildman–Crippen MR) is 53.9 cm³/mol. The highest BCUT2D eigenvalue weighted by Crippen LogP contribution is 2.26. The lowest BCUT2D eigenvalue weighted by Gasteiger charge is -2.01. The number of hydrogen-bond donors (Lipinski definition) is 1. The van der Waals surface area contributed by atoms with E-state index in [1.54, 1.807) is 6.20 Å². The Morgan fingerprint density at radius 2 is 2.08 bits per heavy atom. The van der Waals surface area contributed by atoms with E-state index in [0.717, 1.165) is 15.4 Å². The van der Waals surface area contributed by atoms with Gasteiger partial charge in [-0.15, -0.1) is 0 Å². The number of halogens is 1. The van der Waals surface area contributed by atoms with Crippen LogP contribution in [0.4, 0.5) is 5.69 Å². The number of hydrogen-bond acceptors (Lipinski definition) is 2. The number of aromatic nitrogens is 1. The molecule has 3 heteroatoms. The van der Waals surface area contributed by atoms with Crippen molar-refractivity contribution in [1.82, 2.24) is 4.98 Å². The van der Waals surface area contributed by atoms with Crippen molar-refractivity contribution >= 4 is 32.5 Å². The van der Waals surface area contributed by atoms with Crippen molar-refractivity contribution in [3.63, 3.8) is 0 Å². The van der Waals surface area contributed by atoms with Crippen LogP contribution < -0.4 is 5.73 Å². The Hall–Kier alpha value is -1.09. The molecule has 0 unspecified atom stereocenters. The molecule has 0 radical (unpaired) electrons. The first-order chi connectivity index (χ1) is 5.79. The van der Waals surface area contributed by atoms with Gasteiger partial charge in [0.2, 0.25) is 0 Å². The summed E-state index contributed by atoms with van der Waals surface area (Å²) in [5.41, 5.74) is 7.36. The van der Waals surface area contributed by atoms with Crippen molar-refractivity contribution in [1.29, 1.82) is 0 Å². The number of rotatable bonds is 0. The molecule has 0 saturated carbocycles. The van der Waals surface area contributed by atoms with Crippen LogP contribution in [0.2, 0.25) is 0 Å². The Balaban J connectivity index is 2.91. The molecule has 12 heavy (non-hydrogen) atoms. The first kappa shape index (κ1) is 7.55. The molecule has 2 nitrogen and oxygen atoms in total. The topological polar surface area (TPSA) is 38.9 Å². The third-order valence-electron chi connectivity index (χ3n) is 1.76. The Morgan fingerprint density at radius 3 is 2.92 bits per heavy atom. The smallest absolute Gasteiger partial charge is 0.0942 e. The molecular weight excluding hydrogens is 216 g/mol. The molecule has 0 aliphatic rings. The van der Waals surface area contributed by atoms with E-state index in [4.69, 9.17) is 5.73 Å². The number of pyridine rings is 1. The van der Waals surface area contributed by atoms with E-state index in [0.29, 0.717) is 5.69 Å². The van der Waals surface area contributed by atoms with E-state index in [9.17, 15) is 0 Å². The van der Waals surface area contributed by atoms with E-state index < -0.39 is 0 Å². The summed E-state index contributed by atoms with van der Waals surface area (Å²) in [7, 11) is 0. The monoisotopic (exact) mass is 222 g/mol. The molecule has 2 N–H and O–H groups in total. The summed E-state index contributed by atoms with van der Waals surface area (Å²) in [6.07, 6.45) is 1.74. The molecule has 0 saturated heterocycles. The molecule has 1 aromatic heterocycles. The molecule has 0 spiro atoms. The Kier molecular flexibility index (Phi) is 1.73. The quantitative estimate of drug-likeness (QED) is 0.697. The van der Waals surface area contributed by atoms with Gasteiger partial charge in [-0.05, 0) is 28.1 Å². The van der Waals surface area contributed by atoms with Gasteiger partial charge in [0, 0.05) is 16.1 Å². The van der Waals surface area contributed by atoms with Gasteiger partial charge in [0.15, 0.2) is 0 Å². The second kappa shape index (κ2) is 2.75. The normalized spacial score (nSPS) is 10.4. The van der Waals surface area contributed by atoms with Crippen molar-refractivity contribution in [2.24, 2.45) is 0 Å². The molecule has 2 aromatic rings. The van der Waals surface area contributed by atoms with Gasteiger partial charge < -0.3 is 5.73 Å². The van der Waals surface area contributed by atoms with Crippen LogP contribution >= 0.6 is 15.9 Å². The highest BCUT2D eigenvalue weighted by Gasteiger charge is 2.00. The number of benzene rings is 1. The summed E-state index contributed by atoms with van der Waals surface area (Å²) in [6, 6.07) is 7.81. The molecule has 0 fully saturated rings. The molecule has 1 aromatic carbocycles. The maximum atomic E-state index is 5.81. The minimum Gasteiger partial charge on any atom is -0.396 e. The molecule has 0 bridgehead atoms. The maximum Gasteiger partial charge on any atom is 0.0942 e. The summed E-state index contributed by atoms with van der Waals surface area (Å²) in [5.74, 6) is 0. The second-order valence-corrected chi connectivity index (χ2v) is 3.39. The van der Waals surface area contributed by atoms with Gasteiger partial charge in [-0.25, -0.2) is 0 Å². The SMILES string of the molecule is Nc1c(Br)ccc2cccnc12. The average molecular weight is 223 g/mol. The standard InChI is InChI=1S/C9H7BrN2/c10-7-4-3-6-2-1-5-12-9(6)8(7)11/h1-5H,11H2. The van der Waals surface area contributed by atoms with Crippen molar-refractivity contribution in [2.75, 3.05) is 5.73 Å². The fraction of sp³-hybridized carbons (Fsp3) is 0. The molecule has 1 heterocycles. The number of nitrogens with zero attached hydrogens (tertiary/aromatic N) is 1. The fourth-order valence-corrected chi connectivity index (χ4v) is 1.46. The van der Waals surface area contributed by atoms with Crippen molar-refractivity contribution in [3.8, 4) is 0 Å². The van der Waals surface area contributed by atoms with Gasteiger partial charge in [-0.2, -0.15) is 0 Å². The maximum absolute atomic E-state index is 5.81. The van der Waals surface area contributed by atoms with Crippen LogP contribution in [-0.4, -0.2) is 4.98 Å². The molecule has 0 aliphatic carbocycles. The molecular formula is C9H7BrN2. The van der Waals surface area contributed by atoms with Crippen molar-refractivity contribution in [2.45, 2.75) is 0 Å². The Bertz CT molecular complexity index is 426. The van der Waals surface area contributed by atoms with Crippen molar-refractivity contribution < 1.29 is 0 Å². The zero-order valence-electron chi connectivity index (χ0n) is 6.29. The van der Waals surface area contributed by atoms with Gasteiger partial charge in [0.05, 0.1) is 11.2 Å². The second-order valence-electron chi connectivity index (χ2n) is 2.54. The fourth-order valence-electron chi connectivity index (χ4n) is 1.14. The molecule has 2 rings (SSSR count). The van der Waals surface area contributed by atoms with Gasteiger partial charge in [-0.1, -0.05) is 12.1 Å². The predicted octanol–water partition coefficient (Wildman–Crippen LogP) is 2.58. The zero-order valence-corrected chi connectivity index (χ0v) is 7.88. The Morgan fingerprint density at radius 1 is 1.25 bits per heavy atom. The number of nitrogen functional groups attached to an aromatic ring is 1. The summed E-state index contributed by atoms with van der Waals surface area (Å²) in [4.78, 5) is 4.19. The molecule has 0 amide bonds. The number of anilines is 1. The minimum atomic E-state index is 0.702. The molecule has 0 atom stereocenters. The highest BCUT2D eigenvalue weighted by molar-refractivity contribution is 9.10. The third-order valence-corrected chi connectivity index (χ3v) is 2.45. The van der Waals surface area contributed by atoms with E-state index in [-0.39, 0.29) is 0 Å². The third kappa shape index (κ3) is 1.06. The van der Waals surface area contributed by atoms with E-state index >= 15 is 0 Å². The van der Waals surface area contributed by atoms with Crippen LogP contribution in [0.3, 0.4) is 0 Å². The highest BCUT2D eigenvalue weighted by atomic mass is 79.9. The lowest BCUT2D eigenvalue weighted by molar-refractivity contribution is 1.41. The van der Waals surface area contributed by atoms with Crippen LogP contribution in [0.1, 0.15) is 0 Å². The van der Waals surface area contributed by atoms with E-state index in [1.165, 1.54) is 0 Å². The first-order valence-electron chi connectivity index (χ1n) is 3.58. The number of fused-ring (bicyclic) bond motifs is 1.